The van der Waals surface area contributed by atoms with Gasteiger partial charge in [-0.3, -0.25) is 14.9 Å². The lowest BCUT2D eigenvalue weighted by molar-refractivity contribution is -0.402. The van der Waals surface area contributed by atoms with Gasteiger partial charge < -0.3 is 14.1 Å². The zero-order valence-corrected chi connectivity index (χ0v) is 15.2. The summed E-state index contributed by atoms with van der Waals surface area (Å²) >= 11 is 0. The molecule has 1 aliphatic rings. The first-order valence-corrected chi connectivity index (χ1v) is 9.01. The van der Waals surface area contributed by atoms with Crippen LogP contribution in [0.1, 0.15) is 36.7 Å². The van der Waals surface area contributed by atoms with Crippen molar-refractivity contribution in [3.63, 3.8) is 0 Å². The van der Waals surface area contributed by atoms with E-state index in [1.54, 1.807) is 29.2 Å². The maximum Gasteiger partial charge on any atom is 0.433 e. The zero-order valence-electron chi connectivity index (χ0n) is 15.2. The molecule has 28 heavy (non-hydrogen) atoms. The first-order valence-electron chi connectivity index (χ1n) is 9.01. The van der Waals surface area contributed by atoms with Crippen molar-refractivity contribution < 1.29 is 23.7 Å². The van der Waals surface area contributed by atoms with E-state index in [9.17, 15) is 19.7 Å². The van der Waals surface area contributed by atoms with Crippen LogP contribution in [0.15, 0.2) is 53.0 Å². The maximum absolute atomic E-state index is 12.9. The fourth-order valence-electron chi connectivity index (χ4n) is 3.00. The minimum Gasteiger partial charge on any atom is -0.444 e. The highest BCUT2D eigenvalue weighted by Crippen LogP contribution is 2.23. The van der Waals surface area contributed by atoms with Crippen molar-refractivity contribution in [2.45, 2.75) is 25.4 Å². The van der Waals surface area contributed by atoms with Crippen LogP contribution >= 0.6 is 0 Å². The molecule has 0 saturated carbocycles. The van der Waals surface area contributed by atoms with Crippen molar-refractivity contribution in [2.75, 3.05) is 13.1 Å². The third-order valence-corrected chi connectivity index (χ3v) is 4.40. The molecule has 1 aromatic carbocycles. The summed E-state index contributed by atoms with van der Waals surface area (Å²) < 4.78 is 10.4. The van der Waals surface area contributed by atoms with Gasteiger partial charge in [0.15, 0.2) is 0 Å². The van der Waals surface area contributed by atoms with E-state index in [0.717, 1.165) is 25.3 Å². The van der Waals surface area contributed by atoms with E-state index in [2.05, 4.69) is 0 Å². The molecule has 1 saturated heterocycles. The van der Waals surface area contributed by atoms with E-state index in [1.165, 1.54) is 18.2 Å². The molecule has 3 rings (SSSR count). The Morgan fingerprint density at radius 1 is 1.11 bits per heavy atom. The number of rotatable bonds is 6. The number of benzene rings is 1. The van der Waals surface area contributed by atoms with Gasteiger partial charge >= 0.3 is 11.9 Å². The summed E-state index contributed by atoms with van der Waals surface area (Å²) in [4.78, 5) is 36.9. The zero-order chi connectivity index (χ0) is 19.9. The average molecular weight is 384 g/mol. The van der Waals surface area contributed by atoms with Crippen molar-refractivity contribution in [1.29, 1.82) is 0 Å². The van der Waals surface area contributed by atoms with Gasteiger partial charge in [-0.25, -0.2) is 4.79 Å². The van der Waals surface area contributed by atoms with Gasteiger partial charge in [0.1, 0.15) is 10.7 Å². The second-order valence-corrected chi connectivity index (χ2v) is 6.38. The van der Waals surface area contributed by atoms with Crippen LogP contribution in [0.25, 0.3) is 6.08 Å². The van der Waals surface area contributed by atoms with Crippen LogP contribution in [0, 0.1) is 10.1 Å². The van der Waals surface area contributed by atoms with Gasteiger partial charge in [0.2, 0.25) is 6.10 Å². The second kappa shape index (κ2) is 8.98. The molecule has 0 bridgehead atoms. The van der Waals surface area contributed by atoms with Crippen LogP contribution in [0.5, 0.6) is 0 Å². The Hall–Kier alpha value is -3.42. The number of likely N-dealkylation sites (tertiary alicyclic amines) is 1. The Bertz CT molecular complexity index is 868. The molecule has 0 aliphatic carbocycles. The molecule has 1 atom stereocenters. The van der Waals surface area contributed by atoms with Crippen LogP contribution in [-0.2, 0) is 14.3 Å². The lowest BCUT2D eigenvalue weighted by Gasteiger charge is -2.30. The lowest BCUT2D eigenvalue weighted by atomic mass is 10.1. The second-order valence-electron chi connectivity index (χ2n) is 6.38. The van der Waals surface area contributed by atoms with Gasteiger partial charge in [0.05, 0.1) is 6.07 Å². The highest BCUT2D eigenvalue weighted by Gasteiger charge is 2.29. The smallest absolute Gasteiger partial charge is 0.433 e. The summed E-state index contributed by atoms with van der Waals surface area (Å²) in [6.07, 6.45) is 4.25. The molecule has 8 nitrogen and oxygen atoms in total. The van der Waals surface area contributed by atoms with E-state index in [1.807, 2.05) is 6.07 Å². The molecule has 0 unspecified atom stereocenters. The molecule has 0 N–H and O–H groups in total. The predicted octanol–water partition coefficient (Wildman–Crippen LogP) is 3.50. The lowest BCUT2D eigenvalue weighted by Crippen LogP contribution is -2.40. The van der Waals surface area contributed by atoms with E-state index >= 15 is 0 Å². The number of ether oxygens (including phenoxy) is 1. The van der Waals surface area contributed by atoms with Crippen LogP contribution in [0.3, 0.4) is 0 Å². The average Bonchev–Trinajstić information content (AvgIpc) is 3.21. The minimum atomic E-state index is -1.04. The third kappa shape index (κ3) is 4.85. The topological polar surface area (TPSA) is 103 Å². The van der Waals surface area contributed by atoms with E-state index < -0.39 is 22.9 Å². The monoisotopic (exact) mass is 384 g/mol. The summed E-state index contributed by atoms with van der Waals surface area (Å²) in [6.45, 7) is 1.29. The molecule has 1 amide bonds. The van der Waals surface area contributed by atoms with Gasteiger partial charge in [0, 0.05) is 24.7 Å². The molecule has 1 aromatic heterocycles. The molecule has 1 fully saturated rings. The van der Waals surface area contributed by atoms with Gasteiger partial charge in [-0.2, -0.15) is 0 Å². The first kappa shape index (κ1) is 19.3. The van der Waals surface area contributed by atoms with E-state index in [4.69, 9.17) is 9.15 Å². The standard InChI is InChI=1S/C20H20N2O6/c23-18(12-10-16-9-11-17(27-16)22(25)26)28-19(15-7-3-1-4-8-15)20(24)21-13-5-2-6-14-21/h1,3-4,7-12,19H,2,5-6,13-14H2/b12-10+/t19-/m0/s1. The number of carbonyl (C=O) groups is 2. The number of amides is 1. The number of hydrogen-bond donors (Lipinski definition) is 0. The van der Waals surface area contributed by atoms with E-state index in [0.29, 0.717) is 18.7 Å². The van der Waals surface area contributed by atoms with Crippen molar-refractivity contribution in [3.05, 3.63) is 70.0 Å². The molecule has 1 aliphatic heterocycles. The van der Waals surface area contributed by atoms with Crippen molar-refractivity contribution in [2.24, 2.45) is 0 Å². The number of carbonyl (C=O) groups excluding carboxylic acids is 2. The molecule has 146 valence electrons. The highest BCUT2D eigenvalue weighted by molar-refractivity contribution is 5.90. The normalized spacial score (nSPS) is 15.4. The van der Waals surface area contributed by atoms with Gasteiger partial charge in [0.25, 0.3) is 5.91 Å². The molecule has 0 spiro atoms. The Morgan fingerprint density at radius 2 is 1.82 bits per heavy atom. The van der Waals surface area contributed by atoms with Gasteiger partial charge in [-0.15, -0.1) is 0 Å². The summed E-state index contributed by atoms with van der Waals surface area (Å²) in [5.41, 5.74) is 0.591. The number of piperidine rings is 1. The number of nitrogens with zero attached hydrogens (tertiary/aromatic N) is 2. The van der Waals surface area contributed by atoms with Crippen molar-refractivity contribution >= 4 is 23.8 Å². The molecule has 8 heteroatoms. The fourth-order valence-corrected chi connectivity index (χ4v) is 3.00. The van der Waals surface area contributed by atoms with Crippen LogP contribution in [0.4, 0.5) is 5.88 Å². The van der Waals surface area contributed by atoms with Crippen LogP contribution < -0.4 is 0 Å². The summed E-state index contributed by atoms with van der Waals surface area (Å²) in [7, 11) is 0. The third-order valence-electron chi connectivity index (χ3n) is 4.40. The van der Waals surface area contributed by atoms with Crippen LogP contribution in [0.2, 0.25) is 0 Å². The predicted molar refractivity (Wildman–Crippen MR) is 100 cm³/mol. The number of hydrogen-bond acceptors (Lipinski definition) is 6. The maximum atomic E-state index is 12.9. The molecule has 2 heterocycles. The van der Waals surface area contributed by atoms with Gasteiger partial charge in [-0.05, 0) is 31.4 Å². The number of furan rings is 1. The van der Waals surface area contributed by atoms with Crippen molar-refractivity contribution in [3.8, 4) is 0 Å². The van der Waals surface area contributed by atoms with E-state index in [-0.39, 0.29) is 11.7 Å². The number of nitro groups is 1. The Labute approximate surface area is 161 Å². The van der Waals surface area contributed by atoms with Gasteiger partial charge in [-0.1, -0.05) is 30.3 Å². The quantitative estimate of drug-likeness (QED) is 0.327. The Balaban J connectivity index is 1.72. The summed E-state index contributed by atoms with van der Waals surface area (Å²) in [5, 5.41) is 10.6. The largest absolute Gasteiger partial charge is 0.444 e. The number of esters is 1. The Kier molecular flexibility index (Phi) is 6.21. The highest BCUT2D eigenvalue weighted by atomic mass is 16.6. The SMILES string of the molecule is O=C(/C=C/c1ccc([N+](=O)[O-])o1)O[C@H](C(=O)N1CCCCC1)c1ccccc1. The first-order chi connectivity index (χ1) is 13.5. The summed E-state index contributed by atoms with van der Waals surface area (Å²) in [5.74, 6) is -1.27. The minimum absolute atomic E-state index is 0.141. The molecular weight excluding hydrogens is 364 g/mol. The van der Waals surface area contributed by atoms with Crippen LogP contribution in [-0.4, -0.2) is 34.8 Å². The molecule has 2 aromatic rings. The molecular formula is C20H20N2O6. The molecule has 0 radical (unpaired) electrons. The fraction of sp³-hybridized carbons (Fsp3) is 0.300. The van der Waals surface area contributed by atoms with Crippen molar-refractivity contribution in [1.82, 2.24) is 4.90 Å². The Morgan fingerprint density at radius 3 is 2.46 bits per heavy atom. The summed E-state index contributed by atoms with van der Waals surface area (Å²) in [6, 6.07) is 11.4.